The van der Waals surface area contributed by atoms with Crippen molar-refractivity contribution >= 4 is 9.24 Å². The summed E-state index contributed by atoms with van der Waals surface area (Å²) in [5, 5.41) is 3.18. The normalized spacial score (nSPS) is 12.0. The molecule has 0 fully saturated rings. The highest BCUT2D eigenvalue weighted by molar-refractivity contribution is 7.17. The molecule has 0 aliphatic carbocycles. The first kappa shape index (κ1) is 9.26. The third kappa shape index (κ3) is 2.66. The topological polar surface area (TPSA) is 12.0 Å². The fraction of sp³-hybridized carbons (Fsp3) is 0.200. The maximum absolute atomic E-state index is 5.13. The second-order valence-corrected chi connectivity index (χ2v) is 3.14. The molecule has 12 heavy (non-hydrogen) atoms. The van der Waals surface area contributed by atoms with E-state index in [4.69, 9.17) is 6.42 Å². The summed E-state index contributed by atoms with van der Waals surface area (Å²) in [6, 6.07) is 10.2. The van der Waals surface area contributed by atoms with Gasteiger partial charge in [-0.25, -0.2) is 0 Å². The fourth-order valence-corrected chi connectivity index (χ4v) is 1.29. The van der Waals surface area contributed by atoms with Crippen LogP contribution in [-0.4, -0.2) is 6.54 Å². The molecule has 2 atom stereocenters. The third-order valence-corrected chi connectivity index (χ3v) is 2.20. The Kier molecular flexibility index (Phi) is 3.80. The highest BCUT2D eigenvalue weighted by Crippen LogP contribution is 2.18. The highest BCUT2D eigenvalue weighted by Gasteiger charge is 2.00. The van der Waals surface area contributed by atoms with Crippen molar-refractivity contribution in [3.63, 3.8) is 0 Å². The first-order chi connectivity index (χ1) is 5.84. The van der Waals surface area contributed by atoms with Crippen LogP contribution < -0.4 is 5.32 Å². The van der Waals surface area contributed by atoms with Gasteiger partial charge in [-0.2, -0.15) is 0 Å². The first-order valence-electron chi connectivity index (χ1n) is 3.82. The van der Waals surface area contributed by atoms with E-state index in [9.17, 15) is 0 Å². The second-order valence-electron chi connectivity index (χ2n) is 2.47. The van der Waals surface area contributed by atoms with Gasteiger partial charge < -0.3 is 0 Å². The lowest BCUT2D eigenvalue weighted by Gasteiger charge is -2.10. The summed E-state index contributed by atoms with van der Waals surface area (Å²) in [6.07, 6.45) is 5.13. The number of terminal acetylenes is 1. The van der Waals surface area contributed by atoms with E-state index in [-0.39, 0.29) is 5.78 Å². The number of benzene rings is 1. The quantitative estimate of drug-likeness (QED) is 0.548. The first-order valence-corrected chi connectivity index (χ1v) is 4.48. The summed E-state index contributed by atoms with van der Waals surface area (Å²) >= 11 is 0. The van der Waals surface area contributed by atoms with Crippen molar-refractivity contribution in [1.82, 2.24) is 5.32 Å². The van der Waals surface area contributed by atoms with Gasteiger partial charge in [0.1, 0.15) is 0 Å². The molecule has 0 amide bonds. The van der Waals surface area contributed by atoms with Crippen molar-refractivity contribution < 1.29 is 0 Å². The van der Waals surface area contributed by atoms with Crippen LogP contribution in [0.3, 0.4) is 0 Å². The van der Waals surface area contributed by atoms with E-state index in [1.807, 2.05) is 18.2 Å². The van der Waals surface area contributed by atoms with E-state index in [1.54, 1.807) is 0 Å². The lowest BCUT2D eigenvalue weighted by molar-refractivity contribution is 0.750. The highest BCUT2D eigenvalue weighted by atomic mass is 31.0. The number of hydrogen-bond donors (Lipinski definition) is 1. The summed E-state index contributed by atoms with van der Waals surface area (Å²) in [5.74, 6) is 2.80. The van der Waals surface area contributed by atoms with Crippen LogP contribution in [0.2, 0.25) is 0 Å². The Hall–Kier alpha value is -0.830. The van der Waals surface area contributed by atoms with Crippen LogP contribution in [0.5, 0.6) is 0 Å². The maximum atomic E-state index is 5.13. The number of nitrogens with one attached hydrogen (secondary N) is 1. The monoisotopic (exact) mass is 177 g/mol. The van der Waals surface area contributed by atoms with Crippen molar-refractivity contribution in [2.75, 3.05) is 6.54 Å². The largest absolute Gasteiger partial charge is 0.296 e. The van der Waals surface area contributed by atoms with E-state index in [1.165, 1.54) is 5.56 Å². The van der Waals surface area contributed by atoms with Crippen LogP contribution in [0.15, 0.2) is 30.3 Å². The second kappa shape index (κ2) is 4.93. The van der Waals surface area contributed by atoms with Gasteiger partial charge in [-0.3, -0.25) is 5.32 Å². The molecule has 0 aliphatic rings. The Labute approximate surface area is 75.8 Å². The maximum Gasteiger partial charge on any atom is 0.0581 e. The smallest absolute Gasteiger partial charge is 0.0581 e. The molecule has 1 rings (SSSR count). The molecule has 62 valence electrons. The van der Waals surface area contributed by atoms with Crippen molar-refractivity contribution in [2.45, 2.75) is 5.78 Å². The standard InChI is InChI=1S/C10H12NP/c1-2-8-11-10(12)9-6-4-3-5-7-9/h1,3-7,10-11H,8,12H2. The van der Waals surface area contributed by atoms with Crippen LogP contribution in [-0.2, 0) is 0 Å². The zero-order valence-electron chi connectivity index (χ0n) is 6.83. The molecule has 0 aliphatic heterocycles. The Morgan fingerprint density at radius 2 is 2.08 bits per heavy atom. The minimum absolute atomic E-state index is 0.252. The molecular formula is C10H12NP. The zero-order chi connectivity index (χ0) is 8.81. The molecule has 1 aromatic rings. The predicted octanol–water partition coefficient (Wildman–Crippen LogP) is 1.78. The van der Waals surface area contributed by atoms with Gasteiger partial charge in [0.25, 0.3) is 0 Å². The lowest BCUT2D eigenvalue weighted by Crippen LogP contribution is -2.15. The van der Waals surface area contributed by atoms with Crippen molar-refractivity contribution in [3.05, 3.63) is 35.9 Å². The molecule has 2 unspecified atom stereocenters. The Morgan fingerprint density at radius 3 is 2.67 bits per heavy atom. The van der Waals surface area contributed by atoms with Gasteiger partial charge in [-0.1, -0.05) is 36.3 Å². The summed E-state index contributed by atoms with van der Waals surface area (Å²) in [4.78, 5) is 0. The van der Waals surface area contributed by atoms with Crippen LogP contribution in [0.1, 0.15) is 11.3 Å². The molecule has 0 saturated heterocycles. The van der Waals surface area contributed by atoms with Crippen LogP contribution >= 0.6 is 9.24 Å². The molecule has 0 saturated carbocycles. The Bertz CT molecular complexity index is 263. The molecule has 0 aromatic heterocycles. The Balaban J connectivity index is 2.55. The molecule has 1 nitrogen and oxygen atoms in total. The van der Waals surface area contributed by atoms with Gasteiger partial charge in [0.15, 0.2) is 0 Å². The molecule has 0 bridgehead atoms. The van der Waals surface area contributed by atoms with Gasteiger partial charge in [0.05, 0.1) is 6.54 Å². The van der Waals surface area contributed by atoms with E-state index in [2.05, 4.69) is 32.6 Å². The van der Waals surface area contributed by atoms with E-state index < -0.39 is 0 Å². The van der Waals surface area contributed by atoms with Crippen LogP contribution in [0.25, 0.3) is 0 Å². The zero-order valence-corrected chi connectivity index (χ0v) is 7.98. The van der Waals surface area contributed by atoms with Gasteiger partial charge in [-0.15, -0.1) is 15.7 Å². The average molecular weight is 177 g/mol. The molecule has 2 heteroatoms. The lowest BCUT2D eigenvalue weighted by atomic mass is 10.2. The number of hydrogen-bond acceptors (Lipinski definition) is 1. The van der Waals surface area contributed by atoms with Crippen molar-refractivity contribution in [3.8, 4) is 12.3 Å². The Morgan fingerprint density at radius 1 is 1.42 bits per heavy atom. The molecule has 1 aromatic carbocycles. The van der Waals surface area contributed by atoms with Crippen molar-refractivity contribution in [2.24, 2.45) is 0 Å². The SMILES string of the molecule is C#CCNC(P)c1ccccc1. The summed E-state index contributed by atoms with van der Waals surface area (Å²) in [6.45, 7) is 0.600. The average Bonchev–Trinajstić information content (AvgIpc) is 2.15. The van der Waals surface area contributed by atoms with Gasteiger partial charge >= 0.3 is 0 Å². The summed E-state index contributed by atoms with van der Waals surface area (Å²) in [7, 11) is 2.72. The van der Waals surface area contributed by atoms with Crippen LogP contribution in [0, 0.1) is 12.3 Å². The van der Waals surface area contributed by atoms with Crippen molar-refractivity contribution in [1.29, 1.82) is 0 Å². The fourth-order valence-electron chi connectivity index (χ4n) is 0.947. The molecule has 1 N–H and O–H groups in total. The number of rotatable bonds is 3. The molecule has 0 heterocycles. The van der Waals surface area contributed by atoms with Gasteiger partial charge in [0.2, 0.25) is 0 Å². The van der Waals surface area contributed by atoms with Crippen LogP contribution in [0.4, 0.5) is 0 Å². The molecule has 0 spiro atoms. The predicted molar refractivity (Wildman–Crippen MR) is 55.7 cm³/mol. The van der Waals surface area contributed by atoms with Gasteiger partial charge in [0, 0.05) is 5.78 Å². The molecular weight excluding hydrogens is 165 g/mol. The van der Waals surface area contributed by atoms with E-state index >= 15 is 0 Å². The minimum Gasteiger partial charge on any atom is -0.296 e. The van der Waals surface area contributed by atoms with E-state index in [0.29, 0.717) is 6.54 Å². The van der Waals surface area contributed by atoms with E-state index in [0.717, 1.165) is 0 Å². The minimum atomic E-state index is 0.252. The summed E-state index contributed by atoms with van der Waals surface area (Å²) < 4.78 is 0. The van der Waals surface area contributed by atoms with Gasteiger partial charge in [-0.05, 0) is 5.56 Å². The third-order valence-electron chi connectivity index (χ3n) is 1.58. The molecule has 0 radical (unpaired) electrons. The summed E-state index contributed by atoms with van der Waals surface area (Å²) in [5.41, 5.74) is 1.23.